The molecule has 0 unspecified atom stereocenters. The van der Waals surface area contributed by atoms with Crippen molar-refractivity contribution in [2.24, 2.45) is 0 Å². The number of nitro benzene ring substituents is 2. The Kier molecular flexibility index (Phi) is 4.66. The van der Waals surface area contributed by atoms with Crippen LogP contribution in [0.4, 0.5) is 11.4 Å². The van der Waals surface area contributed by atoms with Gasteiger partial charge in [-0.05, 0) is 5.56 Å². The van der Waals surface area contributed by atoms with Crippen molar-refractivity contribution in [2.75, 3.05) is 33.4 Å². The van der Waals surface area contributed by atoms with E-state index >= 15 is 0 Å². The Bertz CT molecular complexity index is 521. The van der Waals surface area contributed by atoms with E-state index in [0.717, 1.165) is 0 Å². The quantitative estimate of drug-likeness (QED) is 0.596. The molecule has 0 saturated carbocycles. The smallest absolute Gasteiger partial charge is 0.318 e. The number of methoxy groups -OCH3 is 1. The van der Waals surface area contributed by atoms with Crippen LogP contribution < -0.4 is 4.74 Å². The molecule has 1 fully saturated rings. The third-order valence-electron chi connectivity index (χ3n) is 3.22. The van der Waals surface area contributed by atoms with E-state index in [0.29, 0.717) is 38.4 Å². The summed E-state index contributed by atoms with van der Waals surface area (Å²) in [4.78, 5) is 22.8. The van der Waals surface area contributed by atoms with E-state index in [9.17, 15) is 20.2 Å². The number of nitro groups is 2. The summed E-state index contributed by atoms with van der Waals surface area (Å²) in [6, 6.07) is 2.64. The maximum Gasteiger partial charge on any atom is 0.318 e. The molecule has 1 heterocycles. The molecule has 0 atom stereocenters. The standard InChI is InChI=1S/C12H15N3O6/c1-20-12-10(14(16)17)6-9(7-11(12)15(18)19)8-13-2-4-21-5-3-13/h6-7H,2-5,8H2,1H3. The molecule has 114 valence electrons. The summed E-state index contributed by atoms with van der Waals surface area (Å²) >= 11 is 0. The van der Waals surface area contributed by atoms with Crippen molar-refractivity contribution in [3.8, 4) is 5.75 Å². The molecule has 0 aliphatic carbocycles. The van der Waals surface area contributed by atoms with E-state index in [-0.39, 0.29) is 5.75 Å². The molecule has 9 heteroatoms. The Hall–Kier alpha value is -2.26. The minimum absolute atomic E-state index is 0.323. The second-order valence-electron chi connectivity index (χ2n) is 4.57. The third kappa shape index (κ3) is 3.44. The van der Waals surface area contributed by atoms with E-state index in [1.165, 1.54) is 19.2 Å². The Balaban J connectivity index is 2.37. The maximum absolute atomic E-state index is 11.1. The maximum atomic E-state index is 11.1. The van der Waals surface area contributed by atoms with Crippen LogP contribution in [0.5, 0.6) is 5.75 Å². The van der Waals surface area contributed by atoms with Crippen LogP contribution in [0, 0.1) is 20.2 Å². The van der Waals surface area contributed by atoms with E-state index < -0.39 is 21.2 Å². The molecular formula is C12H15N3O6. The normalized spacial score (nSPS) is 15.7. The van der Waals surface area contributed by atoms with Crippen LogP contribution in [0.2, 0.25) is 0 Å². The molecular weight excluding hydrogens is 282 g/mol. The SMILES string of the molecule is COc1c([N+](=O)[O-])cc(CN2CCOCC2)cc1[N+](=O)[O-]. The molecule has 0 radical (unpaired) electrons. The highest BCUT2D eigenvalue weighted by Gasteiger charge is 2.28. The van der Waals surface area contributed by atoms with Crippen LogP contribution in [0.15, 0.2) is 12.1 Å². The van der Waals surface area contributed by atoms with Crippen LogP contribution in [0.1, 0.15) is 5.56 Å². The predicted octanol–water partition coefficient (Wildman–Crippen LogP) is 1.34. The van der Waals surface area contributed by atoms with Crippen molar-refractivity contribution in [1.82, 2.24) is 4.90 Å². The summed E-state index contributed by atoms with van der Waals surface area (Å²) < 4.78 is 10.0. The van der Waals surface area contributed by atoms with Crippen LogP contribution in [-0.4, -0.2) is 48.2 Å². The highest BCUT2D eigenvalue weighted by atomic mass is 16.6. The number of morpholine rings is 1. The summed E-state index contributed by atoms with van der Waals surface area (Å²) in [6.45, 7) is 2.94. The minimum atomic E-state index is -0.672. The van der Waals surface area contributed by atoms with Gasteiger partial charge in [-0.15, -0.1) is 0 Å². The molecule has 21 heavy (non-hydrogen) atoms. The molecule has 2 rings (SSSR count). The average Bonchev–Trinajstić information content (AvgIpc) is 2.47. The van der Waals surface area contributed by atoms with Crippen molar-refractivity contribution in [1.29, 1.82) is 0 Å². The van der Waals surface area contributed by atoms with E-state index in [4.69, 9.17) is 9.47 Å². The Morgan fingerprint density at radius 1 is 1.19 bits per heavy atom. The molecule has 0 amide bonds. The zero-order valence-corrected chi connectivity index (χ0v) is 11.5. The lowest BCUT2D eigenvalue weighted by atomic mass is 10.1. The largest absolute Gasteiger partial charge is 0.485 e. The first kappa shape index (κ1) is 15.1. The highest BCUT2D eigenvalue weighted by molar-refractivity contribution is 5.62. The summed E-state index contributed by atoms with van der Waals surface area (Å²) in [7, 11) is 1.18. The second kappa shape index (κ2) is 6.46. The first-order chi connectivity index (χ1) is 10.0. The van der Waals surface area contributed by atoms with Gasteiger partial charge in [0, 0.05) is 31.8 Å². The average molecular weight is 297 g/mol. The van der Waals surface area contributed by atoms with Gasteiger partial charge in [0.15, 0.2) is 0 Å². The van der Waals surface area contributed by atoms with Gasteiger partial charge in [-0.1, -0.05) is 0 Å². The first-order valence-electron chi connectivity index (χ1n) is 6.32. The van der Waals surface area contributed by atoms with Gasteiger partial charge in [0.25, 0.3) is 5.75 Å². The van der Waals surface area contributed by atoms with Crippen LogP contribution >= 0.6 is 0 Å². The summed E-state index contributed by atoms with van der Waals surface area (Å²) in [5, 5.41) is 22.1. The van der Waals surface area contributed by atoms with Gasteiger partial charge in [0.2, 0.25) is 0 Å². The fraction of sp³-hybridized carbons (Fsp3) is 0.500. The monoisotopic (exact) mass is 297 g/mol. The fourth-order valence-electron chi connectivity index (χ4n) is 2.24. The topological polar surface area (TPSA) is 108 Å². The summed E-state index contributed by atoms with van der Waals surface area (Å²) in [6.07, 6.45) is 0. The van der Waals surface area contributed by atoms with E-state index in [1.807, 2.05) is 4.90 Å². The summed E-state index contributed by atoms with van der Waals surface area (Å²) in [5.74, 6) is -0.323. The van der Waals surface area contributed by atoms with Crippen molar-refractivity contribution in [3.05, 3.63) is 37.9 Å². The number of benzene rings is 1. The third-order valence-corrected chi connectivity index (χ3v) is 3.22. The lowest BCUT2D eigenvalue weighted by molar-refractivity contribution is -0.396. The Labute approximate surface area is 120 Å². The summed E-state index contributed by atoms with van der Waals surface area (Å²) in [5.41, 5.74) is -0.277. The molecule has 0 spiro atoms. The van der Waals surface area contributed by atoms with Crippen LogP contribution in [0.25, 0.3) is 0 Å². The van der Waals surface area contributed by atoms with Crippen molar-refractivity contribution < 1.29 is 19.3 Å². The van der Waals surface area contributed by atoms with Gasteiger partial charge >= 0.3 is 11.4 Å². The molecule has 1 saturated heterocycles. The van der Waals surface area contributed by atoms with Crippen molar-refractivity contribution in [3.63, 3.8) is 0 Å². The van der Waals surface area contributed by atoms with Gasteiger partial charge in [-0.25, -0.2) is 0 Å². The number of nitrogens with zero attached hydrogens (tertiary/aromatic N) is 3. The van der Waals surface area contributed by atoms with Gasteiger partial charge in [-0.2, -0.15) is 0 Å². The first-order valence-corrected chi connectivity index (χ1v) is 6.32. The predicted molar refractivity (Wildman–Crippen MR) is 72.4 cm³/mol. The van der Waals surface area contributed by atoms with Gasteiger partial charge in [0.1, 0.15) is 0 Å². The molecule has 0 aromatic heterocycles. The molecule has 0 bridgehead atoms. The number of hydrogen-bond donors (Lipinski definition) is 0. The lowest BCUT2D eigenvalue weighted by Gasteiger charge is -2.26. The molecule has 1 aliphatic heterocycles. The zero-order valence-electron chi connectivity index (χ0n) is 11.5. The minimum Gasteiger partial charge on any atom is -0.485 e. The van der Waals surface area contributed by atoms with Gasteiger partial charge in [-0.3, -0.25) is 25.1 Å². The number of rotatable bonds is 5. The zero-order chi connectivity index (χ0) is 15.4. The Morgan fingerprint density at radius 2 is 1.71 bits per heavy atom. The number of hydrogen-bond acceptors (Lipinski definition) is 7. The Morgan fingerprint density at radius 3 is 2.14 bits per heavy atom. The highest BCUT2D eigenvalue weighted by Crippen LogP contribution is 2.38. The molecule has 1 aromatic rings. The van der Waals surface area contributed by atoms with Gasteiger partial charge < -0.3 is 9.47 Å². The number of ether oxygens (including phenoxy) is 2. The molecule has 9 nitrogen and oxygen atoms in total. The molecule has 1 aliphatic rings. The van der Waals surface area contributed by atoms with Crippen molar-refractivity contribution in [2.45, 2.75) is 6.54 Å². The van der Waals surface area contributed by atoms with Gasteiger partial charge in [0.05, 0.1) is 30.2 Å². The fourth-order valence-corrected chi connectivity index (χ4v) is 2.24. The van der Waals surface area contributed by atoms with Crippen molar-refractivity contribution >= 4 is 11.4 Å². The van der Waals surface area contributed by atoms with E-state index in [2.05, 4.69) is 0 Å². The van der Waals surface area contributed by atoms with E-state index in [1.54, 1.807) is 0 Å². The lowest BCUT2D eigenvalue weighted by Crippen LogP contribution is -2.35. The molecule has 1 aromatic carbocycles. The second-order valence-corrected chi connectivity index (χ2v) is 4.57. The van der Waals surface area contributed by atoms with Crippen LogP contribution in [0.3, 0.4) is 0 Å². The molecule has 0 N–H and O–H groups in total. The van der Waals surface area contributed by atoms with Crippen LogP contribution in [-0.2, 0) is 11.3 Å².